The number of carboxylic acid groups (broad SMARTS) is 1. The molecule has 0 bridgehead atoms. The molecule has 2 aliphatic carbocycles. The van der Waals surface area contributed by atoms with Crippen LogP contribution in [0.15, 0.2) is 24.4 Å². The van der Waals surface area contributed by atoms with E-state index in [-0.39, 0.29) is 35.9 Å². The number of carbonyl (C=O) groups excluding carboxylic acids is 2. The predicted molar refractivity (Wildman–Crippen MR) is 189 cm³/mol. The number of amides is 2. The first-order valence-corrected chi connectivity index (χ1v) is 18.1. The molecule has 3 heterocycles. The third-order valence-electron chi connectivity index (χ3n) is 11.4. The average molecular weight is 677 g/mol. The molecule has 2 saturated carbocycles. The zero-order valence-electron chi connectivity index (χ0n) is 29.1. The zero-order chi connectivity index (χ0) is 34.7. The van der Waals surface area contributed by atoms with Gasteiger partial charge in [-0.05, 0) is 75.5 Å². The van der Waals surface area contributed by atoms with Gasteiger partial charge >= 0.3 is 5.97 Å². The van der Waals surface area contributed by atoms with Crippen molar-refractivity contribution in [1.82, 2.24) is 20.2 Å². The minimum atomic E-state index is -1.17. The van der Waals surface area contributed by atoms with Crippen molar-refractivity contribution in [3.63, 3.8) is 0 Å². The highest BCUT2D eigenvalue weighted by atomic mass is 16.5. The van der Waals surface area contributed by atoms with Crippen LogP contribution >= 0.6 is 0 Å². The Kier molecular flexibility index (Phi) is 10.6. The maximum absolute atomic E-state index is 13.3. The summed E-state index contributed by atoms with van der Waals surface area (Å²) in [7, 11) is 3.35. The maximum atomic E-state index is 13.3. The van der Waals surface area contributed by atoms with Gasteiger partial charge in [0.2, 0.25) is 11.9 Å². The molecule has 0 spiro atoms. The first-order valence-electron chi connectivity index (χ1n) is 18.1. The van der Waals surface area contributed by atoms with E-state index in [0.717, 1.165) is 83.1 Å². The van der Waals surface area contributed by atoms with E-state index >= 15 is 0 Å². The topological polar surface area (TPSA) is 166 Å². The Morgan fingerprint density at radius 3 is 2.43 bits per heavy atom. The summed E-state index contributed by atoms with van der Waals surface area (Å²) in [5.74, 6) is 0.682. The van der Waals surface area contributed by atoms with E-state index in [4.69, 9.17) is 15.5 Å². The highest BCUT2D eigenvalue weighted by Crippen LogP contribution is 2.40. The number of fused-ring (bicyclic) bond motifs is 1. The van der Waals surface area contributed by atoms with Crippen LogP contribution in [-0.4, -0.2) is 95.2 Å². The van der Waals surface area contributed by atoms with Gasteiger partial charge in [-0.15, -0.1) is 0 Å². The van der Waals surface area contributed by atoms with Crippen LogP contribution in [0, 0.1) is 5.92 Å². The molecule has 1 aromatic heterocycles. The molecule has 0 radical (unpaired) electrons. The van der Waals surface area contributed by atoms with Crippen LogP contribution in [0.5, 0.6) is 5.75 Å². The van der Waals surface area contributed by atoms with Crippen LogP contribution in [-0.2, 0) is 9.59 Å². The molecule has 4 aliphatic rings. The summed E-state index contributed by atoms with van der Waals surface area (Å²) < 4.78 is 5.68. The highest BCUT2D eigenvalue weighted by molar-refractivity contribution is 6.04. The van der Waals surface area contributed by atoms with Gasteiger partial charge in [-0.25, -0.2) is 4.98 Å². The lowest BCUT2D eigenvalue weighted by molar-refractivity contribution is -0.146. The second-order valence-electron chi connectivity index (χ2n) is 14.3. The molecule has 49 heavy (non-hydrogen) atoms. The lowest BCUT2D eigenvalue weighted by Crippen LogP contribution is -2.55. The highest BCUT2D eigenvalue weighted by Gasteiger charge is 2.44. The van der Waals surface area contributed by atoms with Gasteiger partial charge in [0.15, 0.2) is 5.82 Å². The molecule has 13 nitrogen and oxygen atoms in total. The number of nitrogens with zero attached hydrogens (tertiary/aromatic N) is 5. The number of likely N-dealkylation sites (N-methyl/N-ethyl adjacent to an activating group) is 1. The molecule has 13 heteroatoms. The summed E-state index contributed by atoms with van der Waals surface area (Å²) >= 11 is 0. The Hall–Kier alpha value is -3.97. The standard InChI is InChI=1S/C36H52N8O5/c1-4-28-33(46)42(2)29-22-38-35(41-31(29)44(28)26-11-7-8-12-26)40-27-14-13-23(21-30(27)49-3)32(45)39-25-15-18-43(19-16-25)20-17-36(37,34(47)48)24-9-5-6-10-24/h13-14,21-22,24-26,28H,4-12,15-20,37H2,1-3H3,(H,39,45)(H,47,48)(H,38,40,41)/t28-,36+/m1/s1. The first-order chi connectivity index (χ1) is 23.6. The van der Waals surface area contributed by atoms with E-state index in [1.807, 2.05) is 6.92 Å². The van der Waals surface area contributed by atoms with Crippen molar-refractivity contribution >= 4 is 40.9 Å². The van der Waals surface area contributed by atoms with Crippen molar-refractivity contribution in [3.05, 3.63) is 30.0 Å². The Labute approximate surface area is 289 Å². The number of anilines is 4. The molecule has 2 atom stereocenters. The second kappa shape index (κ2) is 14.9. The van der Waals surface area contributed by atoms with Crippen LogP contribution in [0.3, 0.4) is 0 Å². The fourth-order valence-electron chi connectivity index (χ4n) is 8.34. The van der Waals surface area contributed by atoms with Gasteiger partial charge in [0, 0.05) is 44.3 Å². The van der Waals surface area contributed by atoms with E-state index in [9.17, 15) is 19.5 Å². The Bertz CT molecular complexity index is 1520. The van der Waals surface area contributed by atoms with Gasteiger partial charge < -0.3 is 40.9 Å². The number of rotatable bonds is 12. The van der Waals surface area contributed by atoms with Crippen molar-refractivity contribution in [3.8, 4) is 5.75 Å². The summed E-state index contributed by atoms with van der Waals surface area (Å²) in [6, 6.07) is 5.30. The van der Waals surface area contributed by atoms with Crippen LogP contribution in [0.25, 0.3) is 0 Å². The molecule has 1 aromatic carbocycles. The smallest absolute Gasteiger partial charge is 0.324 e. The van der Waals surface area contributed by atoms with Gasteiger partial charge in [-0.2, -0.15) is 4.98 Å². The van der Waals surface area contributed by atoms with E-state index in [0.29, 0.717) is 48.0 Å². The SMILES string of the molecule is CC[C@@H]1C(=O)N(C)c2cnc(Nc3ccc(C(=O)NC4CCN(CC[C@@](N)(C(=O)O)C5CCCC5)CC4)cc3OC)nc2N1C1CCCC1. The van der Waals surface area contributed by atoms with Crippen molar-refractivity contribution < 1.29 is 24.2 Å². The minimum absolute atomic E-state index is 0.0214. The second-order valence-corrected chi connectivity index (χ2v) is 14.3. The molecule has 0 unspecified atom stereocenters. The van der Waals surface area contributed by atoms with E-state index in [1.54, 1.807) is 43.5 Å². The minimum Gasteiger partial charge on any atom is -0.495 e. The van der Waals surface area contributed by atoms with Crippen molar-refractivity contribution in [2.24, 2.45) is 11.7 Å². The molecular formula is C36H52N8O5. The molecular weight excluding hydrogens is 624 g/mol. The normalized spacial score (nSPS) is 22.2. The number of nitrogens with one attached hydrogen (secondary N) is 2. The summed E-state index contributed by atoms with van der Waals surface area (Å²) in [6.45, 7) is 4.24. The number of piperidine rings is 1. The number of nitrogens with two attached hydrogens (primary N) is 1. The average Bonchev–Trinajstić information content (AvgIpc) is 3.85. The number of aromatic nitrogens is 2. The molecule has 2 amide bonds. The van der Waals surface area contributed by atoms with E-state index in [2.05, 4.69) is 25.4 Å². The van der Waals surface area contributed by atoms with Crippen LogP contribution in [0.1, 0.15) is 94.3 Å². The van der Waals surface area contributed by atoms with Gasteiger partial charge in [0.05, 0.1) is 19.0 Å². The predicted octanol–water partition coefficient (Wildman–Crippen LogP) is 4.29. The first kappa shape index (κ1) is 34.9. The van der Waals surface area contributed by atoms with Gasteiger partial charge in [0.25, 0.3) is 5.91 Å². The fraction of sp³-hybridized carbons (Fsp3) is 0.639. The lowest BCUT2D eigenvalue weighted by Gasteiger charge is -2.43. The quantitative estimate of drug-likeness (QED) is 0.253. The number of hydrogen-bond donors (Lipinski definition) is 4. The van der Waals surface area contributed by atoms with Crippen LogP contribution in [0.4, 0.5) is 23.1 Å². The van der Waals surface area contributed by atoms with E-state index < -0.39 is 11.5 Å². The largest absolute Gasteiger partial charge is 0.495 e. The maximum Gasteiger partial charge on any atom is 0.324 e. The van der Waals surface area contributed by atoms with Crippen molar-refractivity contribution in [2.75, 3.05) is 48.9 Å². The number of aliphatic carboxylic acids is 1. The monoisotopic (exact) mass is 676 g/mol. The number of carbonyl (C=O) groups is 3. The number of benzene rings is 1. The number of hydrogen-bond acceptors (Lipinski definition) is 10. The number of likely N-dealkylation sites (tertiary alicyclic amines) is 1. The van der Waals surface area contributed by atoms with E-state index in [1.165, 1.54) is 0 Å². The molecule has 2 aromatic rings. The zero-order valence-corrected chi connectivity index (χ0v) is 29.1. The third-order valence-corrected chi connectivity index (χ3v) is 11.4. The number of ether oxygens (including phenoxy) is 1. The fourth-order valence-corrected chi connectivity index (χ4v) is 8.34. The molecule has 6 rings (SSSR count). The number of carboxylic acids is 1. The molecule has 5 N–H and O–H groups in total. The van der Waals surface area contributed by atoms with Gasteiger partial charge in [0.1, 0.15) is 23.0 Å². The van der Waals surface area contributed by atoms with Crippen molar-refractivity contribution in [2.45, 2.75) is 108 Å². The summed E-state index contributed by atoms with van der Waals surface area (Å²) in [4.78, 5) is 54.2. The van der Waals surface area contributed by atoms with Gasteiger partial charge in [-0.1, -0.05) is 32.6 Å². The van der Waals surface area contributed by atoms with Crippen molar-refractivity contribution in [1.29, 1.82) is 0 Å². The Morgan fingerprint density at radius 1 is 1.08 bits per heavy atom. The molecule has 266 valence electrons. The molecule has 2 aliphatic heterocycles. The Balaban J connectivity index is 1.07. The molecule has 1 saturated heterocycles. The third kappa shape index (κ3) is 7.19. The Morgan fingerprint density at radius 2 is 1.78 bits per heavy atom. The van der Waals surface area contributed by atoms with Crippen LogP contribution in [0.2, 0.25) is 0 Å². The summed E-state index contributed by atoms with van der Waals surface area (Å²) in [6.07, 6.45) is 12.7. The summed E-state index contributed by atoms with van der Waals surface area (Å²) in [5, 5.41) is 16.4. The summed E-state index contributed by atoms with van der Waals surface area (Å²) in [5.41, 5.74) is 7.10. The molecule has 3 fully saturated rings. The lowest BCUT2D eigenvalue weighted by atomic mass is 9.80. The number of methoxy groups -OCH3 is 1. The van der Waals surface area contributed by atoms with Gasteiger partial charge in [-0.3, -0.25) is 14.4 Å². The van der Waals surface area contributed by atoms with Crippen LogP contribution < -0.4 is 30.9 Å².